The van der Waals surface area contributed by atoms with Crippen molar-refractivity contribution in [3.8, 4) is 0 Å². The van der Waals surface area contributed by atoms with Gasteiger partial charge in [-0.05, 0) is 36.2 Å². The van der Waals surface area contributed by atoms with Gasteiger partial charge in [0.2, 0.25) is 5.95 Å². The molecule has 0 bridgehead atoms. The van der Waals surface area contributed by atoms with Gasteiger partial charge in [-0.2, -0.15) is 4.39 Å². The summed E-state index contributed by atoms with van der Waals surface area (Å²) in [6.45, 7) is 2.60. The van der Waals surface area contributed by atoms with E-state index in [1.54, 1.807) is 24.5 Å². The van der Waals surface area contributed by atoms with Crippen LogP contribution in [-0.4, -0.2) is 9.97 Å². The summed E-state index contributed by atoms with van der Waals surface area (Å²) in [5, 5.41) is 3.06. The third-order valence-electron chi connectivity index (χ3n) is 2.31. The second kappa shape index (κ2) is 4.70. The van der Waals surface area contributed by atoms with E-state index in [2.05, 4.69) is 15.3 Å². The van der Waals surface area contributed by atoms with Crippen LogP contribution in [0, 0.1) is 12.9 Å². The van der Waals surface area contributed by atoms with Gasteiger partial charge in [0.05, 0.1) is 0 Å². The van der Waals surface area contributed by atoms with Crippen LogP contribution in [-0.2, 0) is 6.54 Å². The molecule has 0 saturated carbocycles. The molecule has 0 radical (unpaired) electrons. The number of hydrogen-bond donors (Lipinski definition) is 1. The molecule has 16 heavy (non-hydrogen) atoms. The minimum Gasteiger partial charge on any atom is -0.366 e. The summed E-state index contributed by atoms with van der Waals surface area (Å²) in [6.07, 6.45) is 3.54. The lowest BCUT2D eigenvalue weighted by molar-refractivity contribution is 0.585. The minimum absolute atomic E-state index is 0.476. The van der Waals surface area contributed by atoms with E-state index in [0.29, 0.717) is 12.4 Å². The van der Waals surface area contributed by atoms with Crippen molar-refractivity contribution in [2.45, 2.75) is 13.5 Å². The zero-order valence-electron chi connectivity index (χ0n) is 8.94. The summed E-state index contributed by atoms with van der Waals surface area (Å²) in [6, 6.07) is 6.62. The Morgan fingerprint density at radius 2 is 2.19 bits per heavy atom. The van der Waals surface area contributed by atoms with E-state index in [-0.39, 0.29) is 0 Å². The van der Waals surface area contributed by atoms with E-state index in [9.17, 15) is 4.39 Å². The first-order chi connectivity index (χ1) is 7.75. The Hall–Kier alpha value is -1.97. The molecule has 2 heterocycles. The van der Waals surface area contributed by atoms with Crippen LogP contribution in [0.1, 0.15) is 11.1 Å². The molecule has 4 heteroatoms. The van der Waals surface area contributed by atoms with Gasteiger partial charge < -0.3 is 5.32 Å². The molecule has 0 aliphatic rings. The maximum Gasteiger partial charge on any atom is 0.214 e. The van der Waals surface area contributed by atoms with E-state index >= 15 is 0 Å². The van der Waals surface area contributed by atoms with Crippen molar-refractivity contribution >= 4 is 5.82 Å². The molecule has 0 aliphatic heterocycles. The Labute approximate surface area is 93.4 Å². The first kappa shape index (κ1) is 10.5. The average Bonchev–Trinajstić information content (AvgIpc) is 2.28. The summed E-state index contributed by atoms with van der Waals surface area (Å²) in [7, 11) is 0. The van der Waals surface area contributed by atoms with Crippen LogP contribution in [0.15, 0.2) is 36.7 Å². The van der Waals surface area contributed by atoms with E-state index in [1.807, 2.05) is 13.0 Å². The molecule has 0 aliphatic carbocycles. The smallest absolute Gasteiger partial charge is 0.214 e. The number of aromatic nitrogens is 2. The fourth-order valence-corrected chi connectivity index (χ4v) is 1.39. The largest absolute Gasteiger partial charge is 0.366 e. The monoisotopic (exact) mass is 217 g/mol. The molecule has 2 rings (SSSR count). The van der Waals surface area contributed by atoms with Gasteiger partial charge in [-0.3, -0.25) is 4.98 Å². The third kappa shape index (κ3) is 2.53. The fourth-order valence-electron chi connectivity index (χ4n) is 1.39. The van der Waals surface area contributed by atoms with Gasteiger partial charge in [-0.15, -0.1) is 0 Å². The van der Waals surface area contributed by atoms with Crippen LogP contribution in [0.4, 0.5) is 10.2 Å². The van der Waals surface area contributed by atoms with Crippen molar-refractivity contribution in [3.63, 3.8) is 0 Å². The van der Waals surface area contributed by atoms with Crippen LogP contribution in [0.2, 0.25) is 0 Å². The second-order valence-electron chi connectivity index (χ2n) is 3.50. The zero-order valence-corrected chi connectivity index (χ0v) is 8.94. The summed E-state index contributed by atoms with van der Waals surface area (Å²) in [4.78, 5) is 7.74. The number of nitrogens with one attached hydrogen (secondary N) is 1. The fraction of sp³-hybridized carbons (Fsp3) is 0.167. The van der Waals surface area contributed by atoms with Crippen molar-refractivity contribution in [1.82, 2.24) is 9.97 Å². The maximum absolute atomic E-state index is 12.8. The number of hydrogen-bond acceptors (Lipinski definition) is 3. The average molecular weight is 217 g/mol. The first-order valence-corrected chi connectivity index (χ1v) is 5.01. The molecular weight excluding hydrogens is 205 g/mol. The molecule has 82 valence electrons. The van der Waals surface area contributed by atoms with Crippen LogP contribution in [0.5, 0.6) is 0 Å². The molecule has 2 aromatic rings. The molecule has 0 unspecified atom stereocenters. The first-order valence-electron chi connectivity index (χ1n) is 5.01. The quantitative estimate of drug-likeness (QED) is 0.803. The number of aryl methyl sites for hydroxylation is 1. The molecule has 1 N–H and O–H groups in total. The van der Waals surface area contributed by atoms with Gasteiger partial charge in [-0.25, -0.2) is 4.98 Å². The maximum atomic E-state index is 12.8. The van der Waals surface area contributed by atoms with E-state index in [1.165, 1.54) is 6.07 Å². The highest BCUT2D eigenvalue weighted by Gasteiger charge is 1.99. The van der Waals surface area contributed by atoms with Crippen molar-refractivity contribution in [2.24, 2.45) is 0 Å². The molecule has 0 spiro atoms. The SMILES string of the molecule is Cc1cnccc1CNc1cccc(F)n1. The number of halogens is 1. The summed E-state index contributed by atoms with van der Waals surface area (Å²) in [5.74, 6) is 0.0627. The van der Waals surface area contributed by atoms with Crippen molar-refractivity contribution < 1.29 is 4.39 Å². The molecule has 0 saturated heterocycles. The minimum atomic E-state index is -0.476. The number of pyridine rings is 2. The highest BCUT2D eigenvalue weighted by atomic mass is 19.1. The number of nitrogens with zero attached hydrogens (tertiary/aromatic N) is 2. The molecule has 2 aromatic heterocycles. The van der Waals surface area contributed by atoms with Crippen LogP contribution in [0.3, 0.4) is 0 Å². The lowest BCUT2D eigenvalue weighted by atomic mass is 10.1. The predicted molar refractivity (Wildman–Crippen MR) is 60.5 cm³/mol. The van der Waals surface area contributed by atoms with Gasteiger partial charge in [0.1, 0.15) is 5.82 Å². The summed E-state index contributed by atoms with van der Waals surface area (Å²) in [5.41, 5.74) is 2.23. The van der Waals surface area contributed by atoms with E-state index < -0.39 is 5.95 Å². The highest BCUT2D eigenvalue weighted by molar-refractivity contribution is 5.36. The topological polar surface area (TPSA) is 37.8 Å². The van der Waals surface area contributed by atoms with Crippen molar-refractivity contribution in [2.75, 3.05) is 5.32 Å². The van der Waals surface area contributed by atoms with Gasteiger partial charge in [0, 0.05) is 18.9 Å². The van der Waals surface area contributed by atoms with Crippen LogP contribution < -0.4 is 5.32 Å². The zero-order chi connectivity index (χ0) is 11.4. The summed E-state index contributed by atoms with van der Waals surface area (Å²) >= 11 is 0. The molecule has 0 amide bonds. The van der Waals surface area contributed by atoms with Crippen LogP contribution in [0.25, 0.3) is 0 Å². The second-order valence-corrected chi connectivity index (χ2v) is 3.50. The summed E-state index contributed by atoms with van der Waals surface area (Å²) < 4.78 is 12.8. The Morgan fingerprint density at radius 1 is 1.31 bits per heavy atom. The van der Waals surface area contributed by atoms with Gasteiger partial charge in [0.25, 0.3) is 0 Å². The highest BCUT2D eigenvalue weighted by Crippen LogP contribution is 2.09. The predicted octanol–water partition coefficient (Wildman–Crippen LogP) is 2.54. The molecule has 0 aromatic carbocycles. The Kier molecular flexibility index (Phi) is 3.10. The van der Waals surface area contributed by atoms with Crippen molar-refractivity contribution in [3.05, 3.63) is 53.7 Å². The van der Waals surface area contributed by atoms with E-state index in [0.717, 1.165) is 11.1 Å². The van der Waals surface area contributed by atoms with Crippen LogP contribution >= 0.6 is 0 Å². The van der Waals surface area contributed by atoms with Gasteiger partial charge in [-0.1, -0.05) is 6.07 Å². The molecule has 3 nitrogen and oxygen atoms in total. The lowest BCUT2D eigenvalue weighted by Crippen LogP contribution is -2.03. The molecular formula is C12H12FN3. The standard InChI is InChI=1S/C12H12FN3/c1-9-7-14-6-5-10(9)8-15-12-4-2-3-11(13)16-12/h2-7H,8H2,1H3,(H,15,16). The Bertz CT molecular complexity index is 485. The Balaban J connectivity index is 2.05. The normalized spacial score (nSPS) is 10.1. The van der Waals surface area contributed by atoms with Crippen molar-refractivity contribution in [1.29, 1.82) is 0 Å². The molecule has 0 fully saturated rings. The van der Waals surface area contributed by atoms with Gasteiger partial charge in [0.15, 0.2) is 0 Å². The third-order valence-corrected chi connectivity index (χ3v) is 2.31. The lowest BCUT2D eigenvalue weighted by Gasteiger charge is -2.07. The van der Waals surface area contributed by atoms with E-state index in [4.69, 9.17) is 0 Å². The number of rotatable bonds is 3. The number of anilines is 1. The van der Waals surface area contributed by atoms with Gasteiger partial charge >= 0.3 is 0 Å². The molecule has 0 atom stereocenters. The Morgan fingerprint density at radius 3 is 2.94 bits per heavy atom.